The third-order valence-electron chi connectivity index (χ3n) is 10.5. The van der Waals surface area contributed by atoms with Crippen molar-refractivity contribution >= 4 is 34.1 Å². The quantitative estimate of drug-likeness (QED) is 0.0612. The van der Waals surface area contributed by atoms with E-state index in [1.165, 1.54) is 29.0 Å². The lowest BCUT2D eigenvalue weighted by Crippen LogP contribution is -2.49. The molecular weight excluding hydrogens is 703 g/mol. The summed E-state index contributed by atoms with van der Waals surface area (Å²) < 4.78 is 6.25. The number of H-pyrrole nitrogens is 1. The first-order chi connectivity index (χ1) is 26.3. The Labute approximate surface area is 318 Å². The number of nitrogens with zero attached hydrogens (tertiary/aromatic N) is 1. The minimum atomic E-state index is -0.946. The van der Waals surface area contributed by atoms with Crippen molar-refractivity contribution in [2.24, 2.45) is 0 Å². The fraction of sp³-hybridized carbons (Fsp3) is 0.357. The standard InChI is InChI=1S/C42H47N5O6S/c48-35-15-13-32(33-14-17-38(50)46-39(33)35)36(49)25-43-21-6-7-22-44-40(51)37-16-12-31(54-37)24-45-42(20-18-29-10-4-5-11-34(29)42)41(52)53-30-19-23-47(27-30)26-28-8-2-1-3-9-28/h1-5,8-17,30,36,43,45,48-49H,6-7,18-27H2,(H,44,51)(H,46,50)/t30?,36-,42?/m0/s1. The summed E-state index contributed by atoms with van der Waals surface area (Å²) in [5.74, 6) is -0.409. The van der Waals surface area contributed by atoms with Gasteiger partial charge in [0.15, 0.2) is 0 Å². The molecule has 0 saturated carbocycles. The first kappa shape index (κ1) is 37.5. The molecule has 6 N–H and O–H groups in total. The molecule has 282 valence electrons. The number of nitrogens with one attached hydrogen (secondary N) is 4. The number of fused-ring (bicyclic) bond motifs is 2. The Morgan fingerprint density at radius 2 is 1.80 bits per heavy atom. The number of aliphatic hydroxyl groups excluding tert-OH is 1. The Morgan fingerprint density at radius 1 is 0.981 bits per heavy atom. The van der Waals surface area contributed by atoms with Crippen molar-refractivity contribution < 1.29 is 24.5 Å². The largest absolute Gasteiger partial charge is 0.506 e. The van der Waals surface area contributed by atoms with Gasteiger partial charge in [-0.2, -0.15) is 0 Å². The van der Waals surface area contributed by atoms with Crippen molar-refractivity contribution in [1.82, 2.24) is 25.8 Å². The number of likely N-dealkylation sites (tertiary alicyclic amines) is 1. The zero-order valence-corrected chi connectivity index (χ0v) is 31.0. The summed E-state index contributed by atoms with van der Waals surface area (Å²) in [6.45, 7) is 4.33. The number of aromatic hydroxyl groups is 1. The molecule has 0 bridgehead atoms. The van der Waals surface area contributed by atoms with E-state index in [0.717, 1.165) is 54.8 Å². The van der Waals surface area contributed by atoms with Gasteiger partial charge in [-0.25, -0.2) is 4.79 Å². The predicted molar refractivity (Wildman–Crippen MR) is 209 cm³/mol. The first-order valence-corrected chi connectivity index (χ1v) is 19.5. The second-order valence-electron chi connectivity index (χ2n) is 14.2. The fourth-order valence-electron chi connectivity index (χ4n) is 7.61. The molecule has 3 aromatic carbocycles. The summed E-state index contributed by atoms with van der Waals surface area (Å²) in [7, 11) is 0. The average Bonchev–Trinajstić information content (AvgIpc) is 3.94. The van der Waals surface area contributed by atoms with Crippen LogP contribution in [0.5, 0.6) is 5.75 Å². The van der Waals surface area contributed by atoms with Crippen molar-refractivity contribution in [1.29, 1.82) is 0 Å². The number of rotatable bonds is 16. The van der Waals surface area contributed by atoms with Crippen LogP contribution in [0.15, 0.2) is 95.8 Å². The van der Waals surface area contributed by atoms with Gasteiger partial charge >= 0.3 is 5.97 Å². The van der Waals surface area contributed by atoms with Crippen LogP contribution < -0.4 is 21.5 Å². The molecule has 2 aromatic heterocycles. The second kappa shape index (κ2) is 17.1. The van der Waals surface area contributed by atoms with Crippen molar-refractivity contribution in [2.75, 3.05) is 32.7 Å². The SMILES string of the molecule is O=C(NCCCCNC[C@H](O)c1ccc(O)c2[nH]c(=O)ccc12)c1ccc(CNC2(C(=O)OC3CCN(Cc4ccccc4)C3)CCc3ccccc32)s1. The van der Waals surface area contributed by atoms with E-state index in [1.807, 2.05) is 48.5 Å². The van der Waals surface area contributed by atoms with Gasteiger partial charge in [0.1, 0.15) is 17.4 Å². The van der Waals surface area contributed by atoms with Crippen LogP contribution in [-0.4, -0.2) is 70.8 Å². The van der Waals surface area contributed by atoms with E-state index in [0.29, 0.717) is 60.5 Å². The highest BCUT2D eigenvalue weighted by Gasteiger charge is 2.47. The summed E-state index contributed by atoms with van der Waals surface area (Å²) in [6, 6.07) is 28.3. The molecule has 1 aliphatic heterocycles. The molecule has 1 fully saturated rings. The van der Waals surface area contributed by atoms with Crippen LogP contribution in [0.3, 0.4) is 0 Å². The van der Waals surface area contributed by atoms with Crippen LogP contribution in [0.4, 0.5) is 0 Å². The van der Waals surface area contributed by atoms with Crippen LogP contribution >= 0.6 is 11.3 Å². The minimum absolute atomic E-state index is 0.0453. The second-order valence-corrected chi connectivity index (χ2v) is 15.4. The number of benzene rings is 3. The highest BCUT2D eigenvalue weighted by Crippen LogP contribution is 2.39. The maximum absolute atomic E-state index is 14.1. The molecular formula is C42H47N5O6S. The number of carbonyl (C=O) groups is 2. The summed E-state index contributed by atoms with van der Waals surface area (Å²) >= 11 is 1.42. The topological polar surface area (TPSA) is 156 Å². The molecule has 2 unspecified atom stereocenters. The number of aryl methyl sites for hydroxylation is 1. The van der Waals surface area contributed by atoms with E-state index in [2.05, 4.69) is 44.0 Å². The Balaban J connectivity index is 0.865. The zero-order valence-electron chi connectivity index (χ0n) is 30.2. The number of thiophene rings is 1. The van der Waals surface area contributed by atoms with E-state index < -0.39 is 11.6 Å². The summed E-state index contributed by atoms with van der Waals surface area (Å²) in [5, 5.41) is 31.3. The highest BCUT2D eigenvalue weighted by atomic mass is 32.1. The molecule has 2 aliphatic rings. The number of ether oxygens (including phenoxy) is 1. The van der Waals surface area contributed by atoms with Gasteiger partial charge in [-0.05, 0) is 85.2 Å². The van der Waals surface area contributed by atoms with E-state index in [9.17, 15) is 24.6 Å². The molecule has 3 atom stereocenters. The van der Waals surface area contributed by atoms with Gasteiger partial charge in [0, 0.05) is 55.6 Å². The van der Waals surface area contributed by atoms with Crippen LogP contribution in [0.1, 0.15) is 68.6 Å². The molecule has 1 amide bonds. The van der Waals surface area contributed by atoms with E-state index in [1.54, 1.807) is 12.1 Å². The first-order valence-electron chi connectivity index (χ1n) is 18.7. The average molecular weight is 750 g/mol. The molecule has 5 aromatic rings. The number of phenols is 1. The number of aromatic nitrogens is 1. The lowest BCUT2D eigenvalue weighted by Gasteiger charge is -2.31. The smallest absolute Gasteiger partial charge is 0.331 e. The molecule has 54 heavy (non-hydrogen) atoms. The van der Waals surface area contributed by atoms with Crippen LogP contribution in [0.2, 0.25) is 0 Å². The molecule has 3 heterocycles. The minimum Gasteiger partial charge on any atom is -0.506 e. The maximum Gasteiger partial charge on any atom is 0.331 e. The van der Waals surface area contributed by atoms with Crippen LogP contribution in [0, 0.1) is 0 Å². The number of hydrogen-bond acceptors (Lipinski definition) is 10. The van der Waals surface area contributed by atoms with Crippen molar-refractivity contribution in [3.8, 4) is 5.75 Å². The third kappa shape index (κ3) is 8.59. The normalized spacial score (nSPS) is 18.8. The monoisotopic (exact) mass is 749 g/mol. The molecule has 1 aliphatic carbocycles. The van der Waals surface area contributed by atoms with E-state index in [4.69, 9.17) is 4.74 Å². The summed E-state index contributed by atoms with van der Waals surface area (Å²) in [5.41, 5.74) is 3.02. The summed E-state index contributed by atoms with van der Waals surface area (Å²) in [6.07, 6.45) is 2.78. The van der Waals surface area contributed by atoms with Crippen molar-refractivity contribution in [3.63, 3.8) is 0 Å². The highest BCUT2D eigenvalue weighted by molar-refractivity contribution is 7.14. The number of aromatic amines is 1. The lowest BCUT2D eigenvalue weighted by molar-refractivity contribution is -0.157. The number of aliphatic hydroxyl groups is 1. The number of carbonyl (C=O) groups excluding carboxylic acids is 2. The van der Waals surface area contributed by atoms with Crippen LogP contribution in [-0.2, 0) is 34.6 Å². The Hall–Kier alpha value is -4.85. The molecule has 7 rings (SSSR count). The zero-order chi connectivity index (χ0) is 37.5. The fourth-order valence-corrected chi connectivity index (χ4v) is 8.47. The van der Waals surface area contributed by atoms with E-state index >= 15 is 0 Å². The number of hydrogen-bond donors (Lipinski definition) is 6. The number of pyridine rings is 1. The Kier molecular flexibility index (Phi) is 11.9. The van der Waals surface area contributed by atoms with Gasteiger partial charge in [0.05, 0.1) is 16.5 Å². The van der Waals surface area contributed by atoms with Crippen molar-refractivity contribution in [3.05, 3.63) is 133 Å². The number of amides is 1. The third-order valence-corrected chi connectivity index (χ3v) is 11.6. The van der Waals surface area contributed by atoms with Gasteiger partial charge < -0.3 is 30.6 Å². The molecule has 1 saturated heterocycles. The predicted octanol–water partition coefficient (Wildman–Crippen LogP) is 4.88. The Bertz CT molecular complexity index is 2140. The maximum atomic E-state index is 14.1. The van der Waals surface area contributed by atoms with Gasteiger partial charge in [-0.1, -0.05) is 60.7 Å². The van der Waals surface area contributed by atoms with E-state index in [-0.39, 0.29) is 29.3 Å². The molecule has 12 heteroatoms. The number of esters is 1. The Morgan fingerprint density at radius 3 is 2.67 bits per heavy atom. The summed E-state index contributed by atoms with van der Waals surface area (Å²) in [4.78, 5) is 45.3. The van der Waals surface area contributed by atoms with Gasteiger partial charge in [-0.15, -0.1) is 11.3 Å². The molecule has 0 radical (unpaired) electrons. The van der Waals surface area contributed by atoms with Gasteiger partial charge in [0.2, 0.25) is 5.56 Å². The number of phenolic OH excluding ortho intramolecular Hbond substituents is 1. The van der Waals surface area contributed by atoms with Crippen LogP contribution in [0.25, 0.3) is 10.9 Å². The van der Waals surface area contributed by atoms with Gasteiger partial charge in [-0.3, -0.25) is 19.8 Å². The molecule has 11 nitrogen and oxygen atoms in total. The van der Waals surface area contributed by atoms with Crippen molar-refractivity contribution in [2.45, 2.75) is 62.9 Å². The lowest BCUT2D eigenvalue weighted by atomic mass is 9.91. The number of unbranched alkanes of at least 4 members (excludes halogenated alkanes) is 1. The van der Waals surface area contributed by atoms with Gasteiger partial charge in [0.25, 0.3) is 5.91 Å². The molecule has 0 spiro atoms.